The van der Waals surface area contributed by atoms with Gasteiger partial charge in [-0.25, -0.2) is 4.68 Å². The van der Waals surface area contributed by atoms with E-state index in [4.69, 9.17) is 9.47 Å². The normalized spacial score (nSPS) is 17.4. The van der Waals surface area contributed by atoms with Gasteiger partial charge in [0.15, 0.2) is 6.23 Å². The third kappa shape index (κ3) is 4.67. The molecule has 1 saturated heterocycles. The van der Waals surface area contributed by atoms with Gasteiger partial charge in [-0.3, -0.25) is 4.79 Å². The van der Waals surface area contributed by atoms with Crippen LogP contribution in [0.15, 0.2) is 35.7 Å². The van der Waals surface area contributed by atoms with Crippen molar-refractivity contribution >= 4 is 16.8 Å². The van der Waals surface area contributed by atoms with Crippen LogP contribution in [0, 0.1) is 0 Å². The number of carbonyl (C=O) groups is 1. The van der Waals surface area contributed by atoms with Crippen molar-refractivity contribution in [1.82, 2.24) is 15.1 Å². The van der Waals surface area contributed by atoms with Crippen LogP contribution in [0.25, 0.3) is 10.9 Å². The van der Waals surface area contributed by atoms with Crippen molar-refractivity contribution in [3.63, 3.8) is 0 Å². The van der Waals surface area contributed by atoms with Gasteiger partial charge in [-0.05, 0) is 51.3 Å². The summed E-state index contributed by atoms with van der Waals surface area (Å²) in [6.45, 7) is 4.73. The second-order valence-electron chi connectivity index (χ2n) is 7.24. The molecule has 0 spiro atoms. The zero-order valence-corrected chi connectivity index (χ0v) is 16.3. The average molecular weight is 393 g/mol. The highest BCUT2D eigenvalue weighted by Gasteiger charge is 2.32. The van der Waals surface area contributed by atoms with E-state index in [1.165, 1.54) is 0 Å². The molecule has 1 fully saturated rings. The maximum atomic E-state index is 13.1. The summed E-state index contributed by atoms with van der Waals surface area (Å²) < 4.78 is 39.7. The average Bonchev–Trinajstić information content (AvgIpc) is 3.07. The molecule has 1 unspecified atom stereocenters. The number of benzene rings is 1. The Hall–Kier alpha value is -2.48. The highest BCUT2D eigenvalue weighted by molar-refractivity contribution is 5.84. The summed E-state index contributed by atoms with van der Waals surface area (Å²) in [4.78, 5) is 11.5. The fraction of sp³-hybridized carbons (Fsp3) is 0.500. The van der Waals surface area contributed by atoms with Gasteiger partial charge in [-0.15, -0.1) is 0 Å². The molecule has 1 N–H and O–H groups in total. The van der Waals surface area contributed by atoms with Crippen LogP contribution in [0.4, 0.5) is 8.78 Å². The second kappa shape index (κ2) is 8.26. The van der Waals surface area contributed by atoms with Crippen molar-refractivity contribution < 1.29 is 23.0 Å². The number of rotatable bonds is 6. The lowest BCUT2D eigenvalue weighted by atomic mass is 10.2. The minimum absolute atomic E-state index is 0.0183. The Labute approximate surface area is 162 Å². The number of nitrogens with one attached hydrogen (secondary N) is 1. The first-order chi connectivity index (χ1) is 13.3. The third-order valence-corrected chi connectivity index (χ3v) is 4.65. The molecule has 8 heteroatoms. The number of alkyl halides is 2. The molecular formula is C20H25F2N3O3. The van der Waals surface area contributed by atoms with Crippen LogP contribution in [0.5, 0.6) is 5.75 Å². The summed E-state index contributed by atoms with van der Waals surface area (Å²) >= 11 is 0. The van der Waals surface area contributed by atoms with E-state index in [0.717, 1.165) is 36.8 Å². The summed E-state index contributed by atoms with van der Waals surface area (Å²) in [7, 11) is 0. The van der Waals surface area contributed by atoms with Gasteiger partial charge in [-0.2, -0.15) is 13.9 Å². The van der Waals surface area contributed by atoms with Gasteiger partial charge in [0.2, 0.25) is 0 Å². The Morgan fingerprint density at radius 3 is 2.82 bits per heavy atom. The van der Waals surface area contributed by atoms with E-state index in [1.807, 2.05) is 16.8 Å². The van der Waals surface area contributed by atoms with E-state index in [9.17, 15) is 13.6 Å². The number of allylic oxidation sites excluding steroid dienone is 1. The number of aromatic nitrogens is 2. The highest BCUT2D eigenvalue weighted by atomic mass is 19.3. The van der Waals surface area contributed by atoms with E-state index in [-0.39, 0.29) is 12.8 Å². The van der Waals surface area contributed by atoms with Gasteiger partial charge in [0, 0.05) is 18.9 Å². The highest BCUT2D eigenvalue weighted by Crippen LogP contribution is 2.28. The molecule has 152 valence electrons. The SMILES string of the molecule is CC(C)=C(COc1ccc2c(cnn2C2CCCCO2)c1)NC(=O)C(C)(F)F. The molecule has 1 amide bonds. The number of ether oxygens (including phenoxy) is 2. The first kappa shape index (κ1) is 20.3. The minimum atomic E-state index is -3.45. The van der Waals surface area contributed by atoms with E-state index in [2.05, 4.69) is 10.4 Å². The predicted molar refractivity (Wildman–Crippen MR) is 101 cm³/mol. The minimum Gasteiger partial charge on any atom is -0.487 e. The standard InChI is InChI=1S/C20H25F2N3O3/c1-13(2)16(24-19(26)20(3,21)22)12-28-15-7-8-17-14(10-15)11-23-25(17)18-6-4-5-9-27-18/h7-8,10-11,18H,4-6,9,12H2,1-3H3,(H,24,26). The Balaban J connectivity index is 1.70. The van der Waals surface area contributed by atoms with Crippen molar-refractivity contribution in [1.29, 1.82) is 0 Å². The molecule has 28 heavy (non-hydrogen) atoms. The molecule has 0 bridgehead atoms. The molecule has 2 aromatic rings. The van der Waals surface area contributed by atoms with Crippen LogP contribution in [0.2, 0.25) is 0 Å². The Bertz CT molecular complexity index is 876. The maximum absolute atomic E-state index is 13.1. The van der Waals surface area contributed by atoms with Crippen molar-refractivity contribution in [2.45, 2.75) is 52.2 Å². The largest absolute Gasteiger partial charge is 0.487 e. The Morgan fingerprint density at radius 1 is 1.39 bits per heavy atom. The second-order valence-corrected chi connectivity index (χ2v) is 7.24. The number of hydrogen-bond donors (Lipinski definition) is 1. The van der Waals surface area contributed by atoms with Crippen molar-refractivity contribution in [3.8, 4) is 5.75 Å². The summed E-state index contributed by atoms with van der Waals surface area (Å²) in [5.74, 6) is -4.24. The van der Waals surface area contributed by atoms with Crippen LogP contribution < -0.4 is 10.1 Å². The molecule has 1 aliphatic heterocycles. The Kier molecular flexibility index (Phi) is 5.98. The number of amides is 1. The van der Waals surface area contributed by atoms with Crippen molar-refractivity contribution in [2.75, 3.05) is 13.2 Å². The number of hydrogen-bond acceptors (Lipinski definition) is 4. The molecule has 0 saturated carbocycles. The van der Waals surface area contributed by atoms with Crippen LogP contribution in [0.3, 0.4) is 0 Å². The fourth-order valence-corrected chi connectivity index (χ4v) is 2.97. The van der Waals surface area contributed by atoms with Gasteiger partial charge in [-0.1, -0.05) is 5.57 Å². The summed E-state index contributed by atoms with van der Waals surface area (Å²) in [6.07, 6.45) is 4.81. The van der Waals surface area contributed by atoms with Crippen LogP contribution in [-0.4, -0.2) is 34.8 Å². The zero-order valence-electron chi connectivity index (χ0n) is 16.3. The quantitative estimate of drug-likeness (QED) is 0.800. The molecular weight excluding hydrogens is 368 g/mol. The predicted octanol–water partition coefficient (Wildman–Crippen LogP) is 4.18. The third-order valence-electron chi connectivity index (χ3n) is 4.65. The summed E-state index contributed by atoms with van der Waals surface area (Å²) in [6, 6.07) is 5.53. The molecule has 0 aliphatic carbocycles. The van der Waals surface area contributed by atoms with E-state index >= 15 is 0 Å². The molecule has 1 aromatic heterocycles. The molecule has 2 heterocycles. The van der Waals surface area contributed by atoms with Gasteiger partial charge in [0.25, 0.3) is 5.91 Å². The van der Waals surface area contributed by atoms with Gasteiger partial charge >= 0.3 is 5.92 Å². The molecule has 1 atom stereocenters. The van der Waals surface area contributed by atoms with Crippen molar-refractivity contribution in [3.05, 3.63) is 35.7 Å². The molecule has 1 aromatic carbocycles. The van der Waals surface area contributed by atoms with E-state index in [0.29, 0.717) is 23.9 Å². The summed E-state index contributed by atoms with van der Waals surface area (Å²) in [5, 5.41) is 7.58. The number of nitrogens with zero attached hydrogens (tertiary/aromatic N) is 2. The monoisotopic (exact) mass is 393 g/mol. The van der Waals surface area contributed by atoms with Gasteiger partial charge < -0.3 is 14.8 Å². The van der Waals surface area contributed by atoms with Crippen LogP contribution in [-0.2, 0) is 9.53 Å². The lowest BCUT2D eigenvalue weighted by molar-refractivity contribution is -0.142. The number of carbonyl (C=O) groups excluding carboxylic acids is 1. The van der Waals surface area contributed by atoms with E-state index in [1.54, 1.807) is 26.1 Å². The van der Waals surface area contributed by atoms with Gasteiger partial charge in [0.1, 0.15) is 12.4 Å². The molecule has 1 aliphatic rings. The maximum Gasteiger partial charge on any atom is 0.322 e. The Morgan fingerprint density at radius 2 is 2.18 bits per heavy atom. The lowest BCUT2D eigenvalue weighted by Gasteiger charge is -2.23. The number of halogens is 2. The fourth-order valence-electron chi connectivity index (χ4n) is 2.97. The van der Waals surface area contributed by atoms with Crippen molar-refractivity contribution in [2.24, 2.45) is 0 Å². The lowest BCUT2D eigenvalue weighted by Crippen LogP contribution is -2.38. The van der Waals surface area contributed by atoms with Crippen LogP contribution >= 0.6 is 0 Å². The molecule has 3 rings (SSSR count). The topological polar surface area (TPSA) is 65.4 Å². The zero-order chi connectivity index (χ0) is 20.3. The van der Waals surface area contributed by atoms with E-state index < -0.39 is 11.8 Å². The van der Waals surface area contributed by atoms with Crippen LogP contribution in [0.1, 0.15) is 46.3 Å². The first-order valence-electron chi connectivity index (χ1n) is 9.33. The molecule has 6 nitrogen and oxygen atoms in total. The number of fused-ring (bicyclic) bond motifs is 1. The summed E-state index contributed by atoms with van der Waals surface area (Å²) in [5.41, 5.74) is 1.96. The first-order valence-corrected chi connectivity index (χ1v) is 9.33. The van der Waals surface area contributed by atoms with Gasteiger partial charge in [0.05, 0.1) is 17.4 Å². The molecule has 0 radical (unpaired) electrons. The smallest absolute Gasteiger partial charge is 0.322 e.